The van der Waals surface area contributed by atoms with Crippen LogP contribution in [0.3, 0.4) is 0 Å². The summed E-state index contributed by atoms with van der Waals surface area (Å²) in [6.07, 6.45) is 0. The van der Waals surface area contributed by atoms with E-state index in [9.17, 15) is 9.90 Å². The van der Waals surface area contributed by atoms with E-state index in [1.165, 1.54) is 12.1 Å². The van der Waals surface area contributed by atoms with Gasteiger partial charge in [-0.15, -0.1) is 0 Å². The zero-order valence-electron chi connectivity index (χ0n) is 7.02. The number of rotatable bonds is 1. The maximum atomic E-state index is 10.9. The molecule has 0 fully saturated rings. The highest BCUT2D eigenvalue weighted by atomic mass is 32.1. The van der Waals surface area contributed by atoms with Gasteiger partial charge in [0, 0.05) is 17.0 Å². The van der Waals surface area contributed by atoms with E-state index in [4.69, 9.17) is 5.11 Å². The molecule has 1 heterocycles. The fourth-order valence-corrected chi connectivity index (χ4v) is 1.74. The van der Waals surface area contributed by atoms with E-state index in [0.717, 1.165) is 11.3 Å². The van der Waals surface area contributed by atoms with Gasteiger partial charge in [-0.25, -0.2) is 0 Å². The number of phenolic OH excluding ortho intramolecular Hbond substituents is 2. The molecule has 2 rings (SSSR count). The third-order valence-corrected chi connectivity index (χ3v) is 2.46. The first kappa shape index (κ1) is 8.83. The van der Waals surface area contributed by atoms with Crippen molar-refractivity contribution in [2.45, 2.75) is 0 Å². The Balaban J connectivity index is 2.57. The largest absolute Gasteiger partial charge is 0.508 e. The summed E-state index contributed by atoms with van der Waals surface area (Å²) in [5.41, 5.74) is 1.05. The summed E-state index contributed by atoms with van der Waals surface area (Å²) < 4.78 is 0. The Bertz CT molecular complexity index is 515. The highest BCUT2D eigenvalue weighted by Gasteiger charge is 2.06. The van der Waals surface area contributed by atoms with Gasteiger partial charge in [-0.3, -0.25) is 4.79 Å². The van der Waals surface area contributed by atoms with Crippen molar-refractivity contribution in [3.63, 3.8) is 0 Å². The van der Waals surface area contributed by atoms with Crippen LogP contribution in [-0.2, 0) is 0 Å². The van der Waals surface area contributed by atoms with Crippen LogP contribution in [0.2, 0.25) is 0 Å². The van der Waals surface area contributed by atoms with Gasteiger partial charge in [0.25, 0.3) is 0 Å². The van der Waals surface area contributed by atoms with Gasteiger partial charge in [-0.1, -0.05) is 11.3 Å². The van der Waals surface area contributed by atoms with Gasteiger partial charge >= 0.3 is 4.87 Å². The van der Waals surface area contributed by atoms with E-state index < -0.39 is 0 Å². The molecule has 1 aromatic carbocycles. The predicted octanol–water partition coefficient (Wildman–Crippen LogP) is 1.51. The molecule has 0 amide bonds. The Labute approximate surface area is 83.1 Å². The lowest BCUT2D eigenvalue weighted by molar-refractivity contribution is 0.452. The average Bonchev–Trinajstić information content (AvgIpc) is 2.51. The lowest BCUT2D eigenvalue weighted by Crippen LogP contribution is -1.92. The van der Waals surface area contributed by atoms with E-state index in [2.05, 4.69) is 4.98 Å². The zero-order chi connectivity index (χ0) is 10.1. The summed E-state index contributed by atoms with van der Waals surface area (Å²) >= 11 is 1.03. The number of aromatic nitrogens is 1. The van der Waals surface area contributed by atoms with Crippen molar-refractivity contribution in [3.05, 3.63) is 33.2 Å². The monoisotopic (exact) mass is 209 g/mol. The zero-order valence-corrected chi connectivity index (χ0v) is 7.84. The molecule has 0 aliphatic carbocycles. The van der Waals surface area contributed by atoms with Crippen molar-refractivity contribution in [1.29, 1.82) is 0 Å². The number of benzene rings is 1. The summed E-state index contributed by atoms with van der Waals surface area (Å²) in [7, 11) is 0. The molecule has 0 unspecified atom stereocenters. The number of phenols is 2. The molecule has 0 aliphatic heterocycles. The second-order valence-electron chi connectivity index (χ2n) is 2.76. The Hall–Kier alpha value is -1.75. The molecule has 0 aliphatic rings. The van der Waals surface area contributed by atoms with E-state index in [1.807, 2.05) is 0 Å². The summed E-state index contributed by atoms with van der Waals surface area (Å²) in [4.78, 5) is 13.3. The molecule has 0 saturated heterocycles. The Morgan fingerprint density at radius 1 is 1.29 bits per heavy atom. The van der Waals surface area contributed by atoms with Crippen LogP contribution in [0.1, 0.15) is 0 Å². The normalized spacial score (nSPS) is 10.3. The molecule has 1 aromatic heterocycles. The number of aromatic hydroxyl groups is 2. The summed E-state index contributed by atoms with van der Waals surface area (Å²) in [6, 6.07) is 4.22. The van der Waals surface area contributed by atoms with Gasteiger partial charge in [0.05, 0.1) is 5.69 Å². The van der Waals surface area contributed by atoms with E-state index in [1.54, 1.807) is 11.4 Å². The van der Waals surface area contributed by atoms with Crippen LogP contribution in [-0.4, -0.2) is 15.2 Å². The standard InChI is InChI=1S/C9H7NO3S/c11-5-1-2-6(8(12)3-5)7-4-14-9(13)10-7/h1-4,11-12H,(H,10,13). The van der Waals surface area contributed by atoms with Crippen molar-refractivity contribution >= 4 is 11.3 Å². The molecule has 2 aromatic rings. The molecule has 0 bridgehead atoms. The molecule has 0 saturated carbocycles. The molecular formula is C9H7NO3S. The second kappa shape index (κ2) is 3.19. The number of nitrogens with one attached hydrogen (secondary N) is 1. The number of hydrogen-bond acceptors (Lipinski definition) is 4. The van der Waals surface area contributed by atoms with E-state index in [0.29, 0.717) is 11.3 Å². The van der Waals surface area contributed by atoms with Crippen molar-refractivity contribution in [1.82, 2.24) is 4.98 Å². The molecular weight excluding hydrogens is 202 g/mol. The first-order valence-electron chi connectivity index (χ1n) is 3.87. The van der Waals surface area contributed by atoms with Crippen LogP contribution in [0.5, 0.6) is 11.5 Å². The first-order chi connectivity index (χ1) is 6.66. The minimum Gasteiger partial charge on any atom is -0.508 e. The lowest BCUT2D eigenvalue weighted by atomic mass is 10.1. The van der Waals surface area contributed by atoms with Crippen LogP contribution < -0.4 is 4.87 Å². The second-order valence-corrected chi connectivity index (χ2v) is 3.61. The van der Waals surface area contributed by atoms with Crippen LogP contribution in [0.15, 0.2) is 28.4 Å². The van der Waals surface area contributed by atoms with Gasteiger partial charge < -0.3 is 15.2 Å². The van der Waals surface area contributed by atoms with Crippen LogP contribution >= 0.6 is 11.3 Å². The fourth-order valence-electron chi connectivity index (χ4n) is 1.16. The topological polar surface area (TPSA) is 73.3 Å². The SMILES string of the molecule is O=c1[nH]c(-c2ccc(O)cc2O)cs1. The van der Waals surface area contributed by atoms with Crippen LogP contribution in [0.25, 0.3) is 11.3 Å². The van der Waals surface area contributed by atoms with Crippen molar-refractivity contribution in [3.8, 4) is 22.8 Å². The summed E-state index contributed by atoms with van der Waals surface area (Å²) in [5.74, 6) is -0.0668. The van der Waals surface area contributed by atoms with Gasteiger partial charge in [-0.2, -0.15) is 0 Å². The van der Waals surface area contributed by atoms with Gasteiger partial charge in [0.2, 0.25) is 0 Å². The molecule has 4 nitrogen and oxygen atoms in total. The molecule has 5 heteroatoms. The minimum absolute atomic E-state index is 0.0103. The number of H-pyrrole nitrogens is 1. The Morgan fingerprint density at radius 2 is 2.07 bits per heavy atom. The predicted molar refractivity (Wildman–Crippen MR) is 53.7 cm³/mol. The molecule has 3 N–H and O–H groups in total. The Morgan fingerprint density at radius 3 is 2.64 bits per heavy atom. The number of hydrogen-bond donors (Lipinski definition) is 3. The number of aromatic amines is 1. The van der Waals surface area contributed by atoms with E-state index in [-0.39, 0.29) is 16.4 Å². The smallest absolute Gasteiger partial charge is 0.304 e. The molecule has 0 spiro atoms. The Kier molecular flexibility index (Phi) is 2.01. The minimum atomic E-state index is -0.174. The third kappa shape index (κ3) is 1.49. The fraction of sp³-hybridized carbons (Fsp3) is 0. The average molecular weight is 209 g/mol. The molecule has 14 heavy (non-hydrogen) atoms. The molecule has 0 atom stereocenters. The van der Waals surface area contributed by atoms with Crippen molar-refractivity contribution < 1.29 is 10.2 Å². The van der Waals surface area contributed by atoms with Crippen molar-refractivity contribution in [2.24, 2.45) is 0 Å². The highest BCUT2D eigenvalue weighted by molar-refractivity contribution is 7.07. The maximum Gasteiger partial charge on any atom is 0.304 e. The summed E-state index contributed by atoms with van der Waals surface area (Å²) in [5, 5.41) is 20.2. The van der Waals surface area contributed by atoms with Crippen LogP contribution in [0.4, 0.5) is 0 Å². The van der Waals surface area contributed by atoms with E-state index >= 15 is 0 Å². The quantitative estimate of drug-likeness (QED) is 0.666. The van der Waals surface area contributed by atoms with Crippen LogP contribution in [0, 0.1) is 0 Å². The molecule has 72 valence electrons. The van der Waals surface area contributed by atoms with Gasteiger partial charge in [0.15, 0.2) is 0 Å². The molecule has 0 radical (unpaired) electrons. The first-order valence-corrected chi connectivity index (χ1v) is 4.75. The lowest BCUT2D eigenvalue weighted by Gasteiger charge is -2.01. The number of thiazole rings is 1. The maximum absolute atomic E-state index is 10.9. The van der Waals surface area contributed by atoms with Crippen molar-refractivity contribution in [2.75, 3.05) is 0 Å². The van der Waals surface area contributed by atoms with Gasteiger partial charge in [-0.05, 0) is 12.1 Å². The highest BCUT2D eigenvalue weighted by Crippen LogP contribution is 2.30. The summed E-state index contributed by atoms with van der Waals surface area (Å²) in [6.45, 7) is 0. The van der Waals surface area contributed by atoms with Gasteiger partial charge in [0.1, 0.15) is 11.5 Å². The third-order valence-electron chi connectivity index (χ3n) is 1.79.